The fourth-order valence-corrected chi connectivity index (χ4v) is 2.69. The Morgan fingerprint density at radius 1 is 1.52 bits per heavy atom. The lowest BCUT2D eigenvalue weighted by molar-refractivity contribution is -0.385. The van der Waals surface area contributed by atoms with Crippen LogP contribution in [0, 0.1) is 16.0 Å². The molecule has 0 aromatic heterocycles. The fourth-order valence-electron chi connectivity index (χ4n) is 2.69. The van der Waals surface area contributed by atoms with Gasteiger partial charge in [0.2, 0.25) is 0 Å². The van der Waals surface area contributed by atoms with Crippen molar-refractivity contribution in [3.63, 3.8) is 0 Å². The van der Waals surface area contributed by atoms with Crippen molar-refractivity contribution < 1.29 is 19.6 Å². The molecule has 0 saturated carbocycles. The summed E-state index contributed by atoms with van der Waals surface area (Å²) < 4.78 is 5.08. The molecule has 0 radical (unpaired) electrons. The van der Waals surface area contributed by atoms with E-state index in [4.69, 9.17) is 9.84 Å². The molecule has 2 rings (SSSR count). The number of nitrogens with zero attached hydrogens (tertiary/aromatic N) is 2. The summed E-state index contributed by atoms with van der Waals surface area (Å²) in [6.07, 6.45) is 1.02. The Labute approximate surface area is 122 Å². The smallest absolute Gasteiger partial charge is 0.303 e. The topological polar surface area (TPSA) is 92.9 Å². The first kappa shape index (κ1) is 15.2. The summed E-state index contributed by atoms with van der Waals surface area (Å²) in [5.74, 6) is -0.164. The van der Waals surface area contributed by atoms with E-state index < -0.39 is 10.9 Å². The third-order valence-corrected chi connectivity index (χ3v) is 3.64. The lowest BCUT2D eigenvalue weighted by Gasteiger charge is -2.16. The number of carboxylic acid groups (broad SMARTS) is 1. The van der Waals surface area contributed by atoms with Crippen LogP contribution in [-0.2, 0) is 11.3 Å². The number of non-ortho nitro benzene ring substituents is 1. The number of ether oxygens (including phenoxy) is 1. The molecule has 0 aliphatic carbocycles. The van der Waals surface area contributed by atoms with Crippen LogP contribution < -0.4 is 4.74 Å². The van der Waals surface area contributed by atoms with Gasteiger partial charge in [-0.1, -0.05) is 0 Å². The Morgan fingerprint density at radius 2 is 2.29 bits per heavy atom. The Morgan fingerprint density at radius 3 is 2.90 bits per heavy atom. The van der Waals surface area contributed by atoms with Crippen LogP contribution >= 0.6 is 0 Å². The minimum atomic E-state index is -0.779. The first-order valence-corrected chi connectivity index (χ1v) is 6.74. The predicted molar refractivity (Wildman–Crippen MR) is 75.3 cm³/mol. The number of nitro groups is 1. The zero-order chi connectivity index (χ0) is 15.4. The lowest BCUT2D eigenvalue weighted by Crippen LogP contribution is -2.21. The zero-order valence-corrected chi connectivity index (χ0v) is 11.8. The van der Waals surface area contributed by atoms with Crippen molar-refractivity contribution >= 4 is 11.7 Å². The van der Waals surface area contributed by atoms with Gasteiger partial charge in [-0.25, -0.2) is 0 Å². The van der Waals surface area contributed by atoms with Crippen molar-refractivity contribution in [1.29, 1.82) is 0 Å². The van der Waals surface area contributed by atoms with E-state index in [0.717, 1.165) is 18.5 Å². The normalized spacial score (nSPS) is 18.6. The number of hydrogen-bond donors (Lipinski definition) is 1. The molecule has 1 aromatic rings. The molecule has 7 nitrogen and oxygen atoms in total. The van der Waals surface area contributed by atoms with Gasteiger partial charge in [0.1, 0.15) is 5.75 Å². The molecule has 1 heterocycles. The summed E-state index contributed by atoms with van der Waals surface area (Å²) in [6, 6.07) is 4.70. The van der Waals surface area contributed by atoms with Crippen molar-refractivity contribution in [2.45, 2.75) is 19.4 Å². The molecule has 0 amide bonds. The molecule has 21 heavy (non-hydrogen) atoms. The van der Waals surface area contributed by atoms with Gasteiger partial charge in [-0.05, 0) is 30.5 Å². The first-order chi connectivity index (χ1) is 9.97. The van der Waals surface area contributed by atoms with Crippen LogP contribution in [0.5, 0.6) is 5.75 Å². The number of nitro benzene ring substituents is 1. The average molecular weight is 294 g/mol. The van der Waals surface area contributed by atoms with Crippen LogP contribution in [-0.4, -0.2) is 41.1 Å². The summed E-state index contributed by atoms with van der Waals surface area (Å²) in [7, 11) is 1.47. The predicted octanol–water partition coefficient (Wildman–Crippen LogP) is 1.90. The van der Waals surface area contributed by atoms with Gasteiger partial charge in [-0.2, -0.15) is 0 Å². The molecule has 7 heteroatoms. The molecule has 1 saturated heterocycles. The molecule has 1 unspecified atom stereocenters. The van der Waals surface area contributed by atoms with E-state index in [1.165, 1.54) is 19.2 Å². The molecule has 1 atom stereocenters. The van der Waals surface area contributed by atoms with Crippen molar-refractivity contribution in [2.24, 2.45) is 5.92 Å². The average Bonchev–Trinajstić information content (AvgIpc) is 2.84. The lowest BCUT2D eigenvalue weighted by atomic mass is 10.1. The van der Waals surface area contributed by atoms with Gasteiger partial charge in [0.15, 0.2) is 0 Å². The van der Waals surface area contributed by atoms with E-state index >= 15 is 0 Å². The van der Waals surface area contributed by atoms with Gasteiger partial charge < -0.3 is 9.84 Å². The Bertz CT molecular complexity index is 546. The van der Waals surface area contributed by atoms with Crippen LogP contribution in [0.2, 0.25) is 0 Å². The highest BCUT2D eigenvalue weighted by Crippen LogP contribution is 2.26. The minimum absolute atomic E-state index is 0.00522. The second-order valence-corrected chi connectivity index (χ2v) is 5.28. The van der Waals surface area contributed by atoms with E-state index in [9.17, 15) is 14.9 Å². The molecule has 1 aliphatic rings. The number of aliphatic carboxylic acids is 1. The highest BCUT2D eigenvalue weighted by atomic mass is 16.6. The van der Waals surface area contributed by atoms with E-state index in [-0.39, 0.29) is 18.0 Å². The van der Waals surface area contributed by atoms with Crippen molar-refractivity contribution in [1.82, 2.24) is 4.90 Å². The van der Waals surface area contributed by atoms with Crippen LogP contribution in [0.4, 0.5) is 5.69 Å². The monoisotopic (exact) mass is 294 g/mol. The summed E-state index contributed by atoms with van der Waals surface area (Å²) in [5, 5.41) is 19.7. The Balaban J connectivity index is 2.04. The highest BCUT2D eigenvalue weighted by molar-refractivity contribution is 5.67. The van der Waals surface area contributed by atoms with Gasteiger partial charge in [0, 0.05) is 25.6 Å². The molecule has 114 valence electrons. The van der Waals surface area contributed by atoms with Gasteiger partial charge in [-0.15, -0.1) is 0 Å². The molecule has 1 aliphatic heterocycles. The first-order valence-electron chi connectivity index (χ1n) is 6.74. The molecule has 1 aromatic carbocycles. The third-order valence-electron chi connectivity index (χ3n) is 3.64. The summed E-state index contributed by atoms with van der Waals surface area (Å²) in [6.45, 7) is 2.08. The van der Waals surface area contributed by atoms with Crippen molar-refractivity contribution in [3.05, 3.63) is 33.9 Å². The maximum absolute atomic E-state index is 10.9. The van der Waals surface area contributed by atoms with Crippen LogP contribution in [0.1, 0.15) is 18.4 Å². The SMILES string of the molecule is COc1cc(CN2CCC(CC(=O)O)C2)cc([N+](=O)[O-])c1. The highest BCUT2D eigenvalue weighted by Gasteiger charge is 2.25. The van der Waals surface area contributed by atoms with E-state index in [1.807, 2.05) is 0 Å². The Kier molecular flexibility index (Phi) is 4.74. The molecule has 1 N–H and O–H groups in total. The van der Waals surface area contributed by atoms with Gasteiger partial charge in [0.05, 0.1) is 18.1 Å². The molecular formula is C14H18N2O5. The van der Waals surface area contributed by atoms with E-state index in [1.54, 1.807) is 6.07 Å². The van der Waals surface area contributed by atoms with Gasteiger partial charge in [0.25, 0.3) is 5.69 Å². The van der Waals surface area contributed by atoms with Crippen molar-refractivity contribution in [2.75, 3.05) is 20.2 Å². The zero-order valence-electron chi connectivity index (χ0n) is 11.8. The fraction of sp³-hybridized carbons (Fsp3) is 0.500. The number of carbonyl (C=O) groups is 1. The number of rotatable bonds is 6. The second-order valence-electron chi connectivity index (χ2n) is 5.28. The molecule has 0 spiro atoms. The van der Waals surface area contributed by atoms with Crippen LogP contribution in [0.3, 0.4) is 0 Å². The van der Waals surface area contributed by atoms with E-state index in [2.05, 4.69) is 4.90 Å². The third kappa shape index (κ3) is 4.16. The van der Waals surface area contributed by atoms with Gasteiger partial charge in [-0.3, -0.25) is 19.8 Å². The van der Waals surface area contributed by atoms with Gasteiger partial charge >= 0.3 is 5.97 Å². The molecular weight excluding hydrogens is 276 g/mol. The number of likely N-dealkylation sites (tertiary alicyclic amines) is 1. The quantitative estimate of drug-likeness (QED) is 0.636. The standard InChI is InChI=1S/C14H18N2O5/c1-21-13-5-11(4-12(7-13)16(19)20)9-15-3-2-10(8-15)6-14(17)18/h4-5,7,10H,2-3,6,8-9H2,1H3,(H,17,18). The summed E-state index contributed by atoms with van der Waals surface area (Å²) in [4.78, 5) is 23.3. The summed E-state index contributed by atoms with van der Waals surface area (Å²) in [5.41, 5.74) is 0.808. The number of hydrogen-bond acceptors (Lipinski definition) is 5. The number of methoxy groups -OCH3 is 1. The maximum Gasteiger partial charge on any atom is 0.303 e. The van der Waals surface area contributed by atoms with E-state index in [0.29, 0.717) is 18.8 Å². The van der Waals surface area contributed by atoms with Crippen LogP contribution in [0.15, 0.2) is 18.2 Å². The largest absolute Gasteiger partial charge is 0.496 e. The molecule has 1 fully saturated rings. The maximum atomic E-state index is 10.9. The minimum Gasteiger partial charge on any atom is -0.496 e. The number of benzene rings is 1. The van der Waals surface area contributed by atoms with Crippen LogP contribution in [0.25, 0.3) is 0 Å². The molecule has 0 bridgehead atoms. The second kappa shape index (κ2) is 6.53. The summed E-state index contributed by atoms with van der Waals surface area (Å²) >= 11 is 0. The number of carboxylic acids is 1. The Hall–Kier alpha value is -2.15. The van der Waals surface area contributed by atoms with Crippen molar-refractivity contribution in [3.8, 4) is 5.75 Å².